The fourth-order valence-corrected chi connectivity index (χ4v) is 5.41. The average molecular weight is 605 g/mol. The van der Waals surface area contributed by atoms with Crippen LogP contribution in [-0.2, 0) is 17.8 Å². The van der Waals surface area contributed by atoms with Crippen molar-refractivity contribution in [2.24, 2.45) is 5.92 Å². The molecule has 0 fully saturated rings. The summed E-state index contributed by atoms with van der Waals surface area (Å²) in [5, 5.41) is 15.6. The van der Waals surface area contributed by atoms with E-state index in [4.69, 9.17) is 18.9 Å². The first kappa shape index (κ1) is 31.0. The van der Waals surface area contributed by atoms with Crippen molar-refractivity contribution in [3.8, 4) is 23.0 Å². The Hall–Kier alpha value is -4.48. The molecule has 0 saturated heterocycles. The third-order valence-electron chi connectivity index (χ3n) is 7.91. The van der Waals surface area contributed by atoms with Crippen LogP contribution in [0.5, 0.6) is 23.0 Å². The fourth-order valence-electron chi connectivity index (χ4n) is 5.41. The minimum absolute atomic E-state index is 0.0255. The van der Waals surface area contributed by atoms with Gasteiger partial charge in [0.05, 0.1) is 26.2 Å². The number of ether oxygens (including phenoxy) is 4. The van der Waals surface area contributed by atoms with Gasteiger partial charge < -0.3 is 39.6 Å². The zero-order valence-corrected chi connectivity index (χ0v) is 25.5. The van der Waals surface area contributed by atoms with Gasteiger partial charge in [-0.2, -0.15) is 0 Å². The standard InChI is InChI=1S/C33H40N4O7/c1-21-16-37(22(2)19-38)32(39)14-24-13-25(34-33(40)35-26-8-12-29-30(15-26)43-20-42-29)7-11-28(24)44-31(21)18-36(3)17-23-5-9-27(41-4)10-6-23/h5-13,15,21-22,31,38H,14,16-20H2,1-4H3,(H2,34,35,40)/t21-,22-,31-/m1/s1. The van der Waals surface area contributed by atoms with Gasteiger partial charge in [-0.1, -0.05) is 19.1 Å². The van der Waals surface area contributed by atoms with Gasteiger partial charge in [-0.15, -0.1) is 0 Å². The predicted molar refractivity (Wildman–Crippen MR) is 167 cm³/mol. The van der Waals surface area contributed by atoms with Crippen LogP contribution in [0.2, 0.25) is 0 Å². The lowest BCUT2D eigenvalue weighted by Gasteiger charge is -2.34. The second-order valence-electron chi connectivity index (χ2n) is 11.4. The number of aliphatic hydroxyl groups excluding tert-OH is 1. The number of benzene rings is 3. The third-order valence-corrected chi connectivity index (χ3v) is 7.91. The Bertz CT molecular complexity index is 1460. The Labute approximate surface area is 257 Å². The van der Waals surface area contributed by atoms with Crippen molar-refractivity contribution >= 4 is 23.3 Å². The minimum atomic E-state index is -0.443. The second kappa shape index (κ2) is 13.9. The normalized spacial score (nSPS) is 18.4. The first-order valence-electron chi connectivity index (χ1n) is 14.7. The number of aliphatic hydroxyl groups is 1. The highest BCUT2D eigenvalue weighted by Gasteiger charge is 2.31. The van der Waals surface area contributed by atoms with E-state index in [-0.39, 0.29) is 43.8 Å². The van der Waals surface area contributed by atoms with Gasteiger partial charge in [-0.3, -0.25) is 9.69 Å². The lowest BCUT2D eigenvalue weighted by molar-refractivity contribution is -0.134. The SMILES string of the molecule is COc1ccc(CN(C)C[C@H]2Oc3ccc(NC(=O)Nc4ccc5c(c4)OCO5)cc3CC(=O)N([C@H](C)CO)C[C@H]2C)cc1. The van der Waals surface area contributed by atoms with Crippen LogP contribution in [0.4, 0.5) is 16.2 Å². The number of carbonyl (C=O) groups excluding carboxylic acids is 2. The van der Waals surface area contributed by atoms with E-state index < -0.39 is 6.03 Å². The molecule has 3 aromatic carbocycles. The maximum atomic E-state index is 13.5. The molecule has 0 saturated carbocycles. The van der Waals surface area contributed by atoms with Crippen molar-refractivity contribution in [1.29, 1.82) is 0 Å². The summed E-state index contributed by atoms with van der Waals surface area (Å²) < 4.78 is 22.6. The molecule has 0 bridgehead atoms. The second-order valence-corrected chi connectivity index (χ2v) is 11.4. The molecular formula is C33H40N4O7. The number of amides is 3. The van der Waals surface area contributed by atoms with Gasteiger partial charge in [0.25, 0.3) is 0 Å². The molecule has 0 unspecified atom stereocenters. The molecule has 3 aromatic rings. The molecule has 3 amide bonds. The maximum Gasteiger partial charge on any atom is 0.323 e. The zero-order valence-electron chi connectivity index (χ0n) is 25.5. The molecule has 0 aliphatic carbocycles. The van der Waals surface area contributed by atoms with Gasteiger partial charge in [0.15, 0.2) is 11.5 Å². The van der Waals surface area contributed by atoms with E-state index in [1.807, 2.05) is 38.2 Å². The Morgan fingerprint density at radius 2 is 1.73 bits per heavy atom. The lowest BCUT2D eigenvalue weighted by Crippen LogP contribution is -2.47. The number of likely N-dealkylation sites (N-methyl/N-ethyl adjacent to an activating group) is 1. The molecule has 3 atom stereocenters. The zero-order chi connectivity index (χ0) is 31.2. The monoisotopic (exact) mass is 604 g/mol. The van der Waals surface area contributed by atoms with Crippen LogP contribution < -0.4 is 29.6 Å². The number of hydrogen-bond donors (Lipinski definition) is 3. The fraction of sp³-hybridized carbons (Fsp3) is 0.394. The predicted octanol–water partition coefficient (Wildman–Crippen LogP) is 4.35. The van der Waals surface area contributed by atoms with E-state index in [0.717, 1.165) is 11.3 Å². The number of hydrogen-bond acceptors (Lipinski definition) is 8. The van der Waals surface area contributed by atoms with Crippen molar-refractivity contribution in [1.82, 2.24) is 9.80 Å². The van der Waals surface area contributed by atoms with Crippen LogP contribution >= 0.6 is 0 Å². The average Bonchev–Trinajstić information content (AvgIpc) is 3.49. The van der Waals surface area contributed by atoms with Gasteiger partial charge in [-0.25, -0.2) is 4.79 Å². The van der Waals surface area contributed by atoms with Crippen molar-refractivity contribution in [2.75, 3.05) is 51.3 Å². The molecule has 0 aromatic heterocycles. The molecule has 0 radical (unpaired) electrons. The van der Waals surface area contributed by atoms with Crippen molar-refractivity contribution in [3.05, 3.63) is 71.8 Å². The van der Waals surface area contributed by atoms with Gasteiger partial charge in [0.2, 0.25) is 12.7 Å². The summed E-state index contributed by atoms with van der Waals surface area (Å²) in [6.45, 7) is 5.67. The Balaban J connectivity index is 1.33. The van der Waals surface area contributed by atoms with E-state index in [2.05, 4.69) is 22.5 Å². The number of rotatable bonds is 9. The Morgan fingerprint density at radius 3 is 2.43 bits per heavy atom. The number of methoxy groups -OCH3 is 1. The topological polar surface area (TPSA) is 122 Å². The van der Waals surface area contributed by atoms with Crippen LogP contribution in [0.15, 0.2) is 60.7 Å². The van der Waals surface area contributed by atoms with Crippen molar-refractivity contribution < 1.29 is 33.6 Å². The highest BCUT2D eigenvalue weighted by atomic mass is 16.7. The molecule has 44 heavy (non-hydrogen) atoms. The Kier molecular flexibility index (Phi) is 9.76. The third kappa shape index (κ3) is 7.53. The molecule has 234 valence electrons. The molecule has 5 rings (SSSR count). The van der Waals surface area contributed by atoms with Crippen LogP contribution in [0.25, 0.3) is 0 Å². The lowest BCUT2D eigenvalue weighted by atomic mass is 10.0. The quantitative estimate of drug-likeness (QED) is 0.330. The molecule has 0 spiro atoms. The minimum Gasteiger partial charge on any atom is -0.497 e. The molecule has 11 heteroatoms. The van der Waals surface area contributed by atoms with E-state index in [0.29, 0.717) is 53.8 Å². The first-order chi connectivity index (χ1) is 21.2. The van der Waals surface area contributed by atoms with Crippen LogP contribution in [0.3, 0.4) is 0 Å². The first-order valence-corrected chi connectivity index (χ1v) is 14.7. The number of carbonyl (C=O) groups is 2. The molecule has 2 aliphatic heterocycles. The highest BCUT2D eigenvalue weighted by Crippen LogP contribution is 2.34. The van der Waals surface area contributed by atoms with E-state index >= 15 is 0 Å². The van der Waals surface area contributed by atoms with Gasteiger partial charge in [-0.05, 0) is 62.0 Å². The number of nitrogens with zero attached hydrogens (tertiary/aromatic N) is 2. The van der Waals surface area contributed by atoms with E-state index in [9.17, 15) is 14.7 Å². The smallest absolute Gasteiger partial charge is 0.323 e. The summed E-state index contributed by atoms with van der Waals surface area (Å²) in [5.74, 6) is 2.45. The summed E-state index contributed by atoms with van der Waals surface area (Å²) in [4.78, 5) is 30.3. The Morgan fingerprint density at radius 1 is 1.05 bits per heavy atom. The molecular weight excluding hydrogens is 564 g/mol. The number of nitrogens with one attached hydrogen (secondary N) is 2. The number of anilines is 2. The van der Waals surface area contributed by atoms with Gasteiger partial charge in [0, 0.05) is 48.6 Å². The molecule has 2 aliphatic rings. The summed E-state index contributed by atoms with van der Waals surface area (Å²) >= 11 is 0. The van der Waals surface area contributed by atoms with Crippen LogP contribution in [-0.4, -0.2) is 79.6 Å². The summed E-state index contributed by atoms with van der Waals surface area (Å²) in [5.41, 5.74) is 2.87. The van der Waals surface area contributed by atoms with E-state index in [1.165, 1.54) is 0 Å². The van der Waals surface area contributed by atoms with Crippen molar-refractivity contribution in [3.63, 3.8) is 0 Å². The van der Waals surface area contributed by atoms with Gasteiger partial charge >= 0.3 is 6.03 Å². The van der Waals surface area contributed by atoms with Crippen LogP contribution in [0, 0.1) is 5.92 Å². The summed E-state index contributed by atoms with van der Waals surface area (Å²) in [6, 6.07) is 17.7. The summed E-state index contributed by atoms with van der Waals surface area (Å²) in [7, 11) is 3.69. The molecule has 2 heterocycles. The van der Waals surface area contributed by atoms with Gasteiger partial charge in [0.1, 0.15) is 17.6 Å². The maximum absolute atomic E-state index is 13.5. The number of fused-ring (bicyclic) bond motifs is 2. The highest BCUT2D eigenvalue weighted by molar-refractivity contribution is 6.00. The van der Waals surface area contributed by atoms with Crippen LogP contribution in [0.1, 0.15) is 25.0 Å². The van der Waals surface area contributed by atoms with E-state index in [1.54, 1.807) is 48.4 Å². The number of urea groups is 1. The van der Waals surface area contributed by atoms with Crippen molar-refractivity contribution in [2.45, 2.75) is 39.0 Å². The summed E-state index contributed by atoms with van der Waals surface area (Å²) in [6.07, 6.45) is -0.176. The molecule has 3 N–H and O–H groups in total. The largest absolute Gasteiger partial charge is 0.497 e. The molecule has 11 nitrogen and oxygen atoms in total.